The summed E-state index contributed by atoms with van der Waals surface area (Å²) in [5, 5.41) is 6.69. The molecule has 1 unspecified atom stereocenters. The summed E-state index contributed by atoms with van der Waals surface area (Å²) < 4.78 is 5.27. The average molecular weight is 225 g/mol. The maximum absolute atomic E-state index is 11.8. The van der Waals surface area contributed by atoms with Crippen LogP contribution >= 0.6 is 0 Å². The number of nitrogens with zero attached hydrogens (tertiary/aromatic N) is 2. The first-order chi connectivity index (χ1) is 7.31. The van der Waals surface area contributed by atoms with Crippen molar-refractivity contribution in [1.29, 1.82) is 0 Å². The standard InChI is InChI=1S/C11H19N3O2/c1-8(9-6-7-12-13-9)14(5)10(15)16-11(2,3)4/h6-8H,1-5H3,(H,12,13). The number of carbonyl (C=O) groups excluding carboxylic acids is 1. The van der Waals surface area contributed by atoms with Crippen molar-refractivity contribution in [1.82, 2.24) is 15.1 Å². The van der Waals surface area contributed by atoms with Crippen LogP contribution in [-0.4, -0.2) is 33.8 Å². The van der Waals surface area contributed by atoms with Crippen LogP contribution in [0.2, 0.25) is 0 Å². The molecule has 0 aromatic carbocycles. The van der Waals surface area contributed by atoms with Gasteiger partial charge in [-0.2, -0.15) is 5.10 Å². The van der Waals surface area contributed by atoms with Gasteiger partial charge < -0.3 is 9.64 Å². The summed E-state index contributed by atoms with van der Waals surface area (Å²) >= 11 is 0. The second kappa shape index (κ2) is 4.55. The Morgan fingerprint density at radius 2 is 2.19 bits per heavy atom. The molecule has 90 valence electrons. The van der Waals surface area contributed by atoms with Gasteiger partial charge in [-0.1, -0.05) is 0 Å². The highest BCUT2D eigenvalue weighted by molar-refractivity contribution is 5.68. The average Bonchev–Trinajstić information content (AvgIpc) is 2.65. The number of amides is 1. The lowest BCUT2D eigenvalue weighted by molar-refractivity contribution is 0.0230. The molecule has 0 saturated heterocycles. The number of aromatic amines is 1. The van der Waals surface area contributed by atoms with E-state index in [1.165, 1.54) is 0 Å². The highest BCUT2D eigenvalue weighted by Crippen LogP contribution is 2.18. The molecule has 0 spiro atoms. The van der Waals surface area contributed by atoms with Gasteiger partial charge in [-0.15, -0.1) is 0 Å². The molecule has 1 N–H and O–H groups in total. The lowest BCUT2D eigenvalue weighted by Gasteiger charge is -2.28. The van der Waals surface area contributed by atoms with Crippen molar-refractivity contribution < 1.29 is 9.53 Å². The summed E-state index contributed by atoms with van der Waals surface area (Å²) in [4.78, 5) is 13.3. The number of ether oxygens (including phenoxy) is 1. The van der Waals surface area contributed by atoms with E-state index in [2.05, 4.69) is 10.2 Å². The highest BCUT2D eigenvalue weighted by Gasteiger charge is 2.24. The smallest absolute Gasteiger partial charge is 0.410 e. The molecular formula is C11H19N3O2. The van der Waals surface area contributed by atoms with Crippen molar-refractivity contribution in [3.05, 3.63) is 18.0 Å². The van der Waals surface area contributed by atoms with Crippen LogP contribution in [0.25, 0.3) is 0 Å². The number of H-pyrrole nitrogens is 1. The van der Waals surface area contributed by atoms with E-state index in [4.69, 9.17) is 4.74 Å². The summed E-state index contributed by atoms with van der Waals surface area (Å²) in [6.45, 7) is 7.45. The molecule has 1 rings (SSSR count). The van der Waals surface area contributed by atoms with E-state index in [-0.39, 0.29) is 12.1 Å². The van der Waals surface area contributed by atoms with E-state index in [1.54, 1.807) is 18.1 Å². The van der Waals surface area contributed by atoms with Gasteiger partial charge in [0.2, 0.25) is 0 Å². The SMILES string of the molecule is CC(c1ccn[nH]1)N(C)C(=O)OC(C)(C)C. The Balaban J connectivity index is 2.64. The van der Waals surface area contributed by atoms with Gasteiger partial charge in [0.05, 0.1) is 11.7 Å². The van der Waals surface area contributed by atoms with Gasteiger partial charge in [0.25, 0.3) is 0 Å². The maximum atomic E-state index is 11.8. The van der Waals surface area contributed by atoms with E-state index in [0.29, 0.717) is 0 Å². The van der Waals surface area contributed by atoms with Crippen molar-refractivity contribution in [3.63, 3.8) is 0 Å². The Morgan fingerprint density at radius 3 is 2.62 bits per heavy atom. The molecule has 0 fully saturated rings. The molecule has 1 heterocycles. The fourth-order valence-electron chi connectivity index (χ4n) is 1.20. The Labute approximate surface area is 95.8 Å². The van der Waals surface area contributed by atoms with Crippen LogP contribution in [0.5, 0.6) is 0 Å². The zero-order valence-corrected chi connectivity index (χ0v) is 10.4. The molecule has 5 nitrogen and oxygen atoms in total. The van der Waals surface area contributed by atoms with E-state index < -0.39 is 5.60 Å². The van der Waals surface area contributed by atoms with Crippen LogP contribution in [0.3, 0.4) is 0 Å². The number of hydrogen-bond donors (Lipinski definition) is 1. The summed E-state index contributed by atoms with van der Waals surface area (Å²) in [6, 6.07) is 1.75. The van der Waals surface area contributed by atoms with E-state index in [1.807, 2.05) is 33.8 Å². The Kier molecular flexibility index (Phi) is 3.57. The molecule has 0 radical (unpaired) electrons. The Bertz CT molecular complexity index is 341. The van der Waals surface area contributed by atoms with Gasteiger partial charge in [-0.25, -0.2) is 4.79 Å². The first-order valence-corrected chi connectivity index (χ1v) is 5.26. The van der Waals surface area contributed by atoms with E-state index >= 15 is 0 Å². The second-order valence-electron chi connectivity index (χ2n) is 4.78. The number of aromatic nitrogens is 2. The largest absolute Gasteiger partial charge is 0.444 e. The molecule has 1 aromatic heterocycles. The number of rotatable bonds is 2. The van der Waals surface area contributed by atoms with Crippen LogP contribution in [0.1, 0.15) is 39.4 Å². The van der Waals surface area contributed by atoms with Gasteiger partial charge in [0.1, 0.15) is 5.60 Å². The molecule has 0 saturated carbocycles. The molecular weight excluding hydrogens is 206 g/mol. The second-order valence-corrected chi connectivity index (χ2v) is 4.78. The summed E-state index contributed by atoms with van der Waals surface area (Å²) in [5.74, 6) is 0. The zero-order valence-electron chi connectivity index (χ0n) is 10.4. The van der Waals surface area contributed by atoms with Crippen molar-refractivity contribution in [2.24, 2.45) is 0 Å². The van der Waals surface area contributed by atoms with Crippen molar-refractivity contribution >= 4 is 6.09 Å². The first-order valence-electron chi connectivity index (χ1n) is 5.26. The minimum absolute atomic E-state index is 0.0858. The summed E-state index contributed by atoms with van der Waals surface area (Å²) in [6.07, 6.45) is 1.32. The minimum atomic E-state index is -0.473. The molecule has 16 heavy (non-hydrogen) atoms. The third-order valence-electron chi connectivity index (χ3n) is 2.23. The molecule has 0 aliphatic heterocycles. The van der Waals surface area contributed by atoms with Gasteiger partial charge >= 0.3 is 6.09 Å². The fraction of sp³-hybridized carbons (Fsp3) is 0.636. The molecule has 1 amide bonds. The molecule has 0 aliphatic rings. The van der Waals surface area contributed by atoms with Crippen molar-refractivity contribution in [2.45, 2.75) is 39.3 Å². The lowest BCUT2D eigenvalue weighted by atomic mass is 10.2. The predicted molar refractivity (Wildman–Crippen MR) is 61.0 cm³/mol. The van der Waals surface area contributed by atoms with E-state index in [0.717, 1.165) is 5.69 Å². The monoisotopic (exact) mass is 225 g/mol. The number of carbonyl (C=O) groups is 1. The third-order valence-corrected chi connectivity index (χ3v) is 2.23. The number of nitrogens with one attached hydrogen (secondary N) is 1. The fourth-order valence-corrected chi connectivity index (χ4v) is 1.20. The topological polar surface area (TPSA) is 58.2 Å². The van der Waals surface area contributed by atoms with Crippen LogP contribution in [0.4, 0.5) is 4.79 Å². The van der Waals surface area contributed by atoms with Crippen molar-refractivity contribution in [2.75, 3.05) is 7.05 Å². The van der Waals surface area contributed by atoms with Gasteiger partial charge in [-0.3, -0.25) is 5.10 Å². The Hall–Kier alpha value is -1.52. The first kappa shape index (κ1) is 12.5. The zero-order chi connectivity index (χ0) is 12.3. The molecule has 1 aromatic rings. The van der Waals surface area contributed by atoms with E-state index in [9.17, 15) is 4.79 Å². The number of hydrogen-bond acceptors (Lipinski definition) is 3. The molecule has 1 atom stereocenters. The molecule has 5 heteroatoms. The van der Waals surface area contributed by atoms with Gasteiger partial charge in [-0.05, 0) is 33.8 Å². The van der Waals surface area contributed by atoms with Crippen LogP contribution in [0, 0.1) is 0 Å². The van der Waals surface area contributed by atoms with Crippen LogP contribution < -0.4 is 0 Å². The van der Waals surface area contributed by atoms with Gasteiger partial charge in [0.15, 0.2) is 0 Å². The highest BCUT2D eigenvalue weighted by atomic mass is 16.6. The van der Waals surface area contributed by atoms with Crippen LogP contribution in [-0.2, 0) is 4.74 Å². The quantitative estimate of drug-likeness (QED) is 0.840. The predicted octanol–water partition coefficient (Wildman–Crippen LogP) is 2.34. The van der Waals surface area contributed by atoms with Crippen molar-refractivity contribution in [3.8, 4) is 0 Å². The summed E-state index contributed by atoms with van der Waals surface area (Å²) in [5.41, 5.74) is 0.410. The maximum Gasteiger partial charge on any atom is 0.410 e. The summed E-state index contributed by atoms with van der Waals surface area (Å²) in [7, 11) is 1.71. The Morgan fingerprint density at radius 1 is 1.56 bits per heavy atom. The molecule has 0 bridgehead atoms. The lowest BCUT2D eigenvalue weighted by Crippen LogP contribution is -2.35. The minimum Gasteiger partial charge on any atom is -0.444 e. The van der Waals surface area contributed by atoms with Crippen LogP contribution in [0.15, 0.2) is 12.3 Å². The molecule has 0 aliphatic carbocycles. The normalized spacial score (nSPS) is 13.3. The third kappa shape index (κ3) is 3.25. The van der Waals surface area contributed by atoms with Gasteiger partial charge in [0, 0.05) is 13.2 Å².